The molecule has 0 aliphatic heterocycles. The Hall–Kier alpha value is -1.42. The molecule has 1 unspecified atom stereocenters. The summed E-state index contributed by atoms with van der Waals surface area (Å²) in [6, 6.07) is 5.68. The van der Waals surface area contributed by atoms with Crippen molar-refractivity contribution in [2.75, 3.05) is 13.6 Å². The summed E-state index contributed by atoms with van der Waals surface area (Å²) in [5.41, 5.74) is 0.893. The van der Waals surface area contributed by atoms with Gasteiger partial charge in [0.15, 0.2) is 0 Å². The largest absolute Gasteiger partial charge is 0.348 e. The summed E-state index contributed by atoms with van der Waals surface area (Å²) in [6.45, 7) is 2.81. The third-order valence-electron chi connectivity index (χ3n) is 2.34. The molecule has 0 bridgehead atoms. The van der Waals surface area contributed by atoms with Gasteiger partial charge in [-0.05, 0) is 39.1 Å². The van der Waals surface area contributed by atoms with Crippen molar-refractivity contribution in [3.05, 3.63) is 30.1 Å². The summed E-state index contributed by atoms with van der Waals surface area (Å²) in [6.07, 6.45) is 3.15. The molecule has 0 aromatic carbocycles. The van der Waals surface area contributed by atoms with Crippen LogP contribution in [0.2, 0.25) is 0 Å². The first kappa shape index (κ1) is 12.6. The van der Waals surface area contributed by atoms with Crippen molar-refractivity contribution >= 4 is 5.91 Å². The van der Waals surface area contributed by atoms with Crippen LogP contribution in [0, 0.1) is 0 Å². The Kier molecular flexibility index (Phi) is 5.50. The molecule has 1 amide bonds. The van der Waals surface area contributed by atoms with Crippen LogP contribution in [0.3, 0.4) is 0 Å². The third-order valence-corrected chi connectivity index (χ3v) is 2.34. The molecule has 1 rings (SSSR count). The van der Waals surface area contributed by atoms with Gasteiger partial charge in [-0.25, -0.2) is 0 Å². The van der Waals surface area contributed by atoms with Crippen LogP contribution < -0.4 is 10.6 Å². The van der Waals surface area contributed by atoms with Crippen molar-refractivity contribution in [1.82, 2.24) is 15.6 Å². The fourth-order valence-electron chi connectivity index (χ4n) is 1.45. The molecular formula is C12H19N3O. The maximum atomic E-state index is 11.5. The number of carbonyl (C=O) groups is 1. The van der Waals surface area contributed by atoms with Crippen molar-refractivity contribution in [3.63, 3.8) is 0 Å². The molecule has 0 fully saturated rings. The van der Waals surface area contributed by atoms with Crippen LogP contribution in [0.25, 0.3) is 0 Å². The van der Waals surface area contributed by atoms with Crippen LogP contribution in [-0.2, 0) is 4.79 Å². The van der Waals surface area contributed by atoms with Crippen molar-refractivity contribution < 1.29 is 4.79 Å². The second-order valence-corrected chi connectivity index (χ2v) is 3.75. The first-order chi connectivity index (χ1) is 7.74. The van der Waals surface area contributed by atoms with E-state index in [9.17, 15) is 4.79 Å². The lowest BCUT2D eigenvalue weighted by atomic mass is 10.2. The molecule has 4 nitrogen and oxygen atoms in total. The van der Waals surface area contributed by atoms with E-state index in [1.54, 1.807) is 6.20 Å². The molecule has 4 heteroatoms. The zero-order chi connectivity index (χ0) is 11.8. The minimum atomic E-state index is -0.0247. The van der Waals surface area contributed by atoms with E-state index in [-0.39, 0.29) is 11.9 Å². The molecule has 2 N–H and O–H groups in total. The Morgan fingerprint density at radius 2 is 2.31 bits per heavy atom. The highest BCUT2D eigenvalue weighted by Gasteiger charge is 2.09. The van der Waals surface area contributed by atoms with Gasteiger partial charge in [-0.1, -0.05) is 6.07 Å². The van der Waals surface area contributed by atoms with Gasteiger partial charge in [-0.2, -0.15) is 0 Å². The number of amides is 1. The predicted octanol–water partition coefficient (Wildman–Crippen LogP) is 1.26. The molecule has 0 aliphatic carbocycles. The summed E-state index contributed by atoms with van der Waals surface area (Å²) in [7, 11) is 1.88. The number of nitrogens with one attached hydrogen (secondary N) is 2. The number of carbonyl (C=O) groups excluding carboxylic acids is 1. The Balaban J connectivity index is 2.34. The van der Waals surface area contributed by atoms with E-state index in [0.717, 1.165) is 18.7 Å². The summed E-state index contributed by atoms with van der Waals surface area (Å²) in [5.74, 6) is 0.0772. The molecule has 0 spiro atoms. The molecule has 0 aliphatic rings. The van der Waals surface area contributed by atoms with Crippen molar-refractivity contribution in [2.45, 2.75) is 25.8 Å². The second-order valence-electron chi connectivity index (χ2n) is 3.75. The fourth-order valence-corrected chi connectivity index (χ4v) is 1.45. The van der Waals surface area contributed by atoms with Crippen LogP contribution in [0.15, 0.2) is 24.4 Å². The first-order valence-corrected chi connectivity index (χ1v) is 5.59. The van der Waals surface area contributed by atoms with Gasteiger partial charge >= 0.3 is 0 Å². The minimum Gasteiger partial charge on any atom is -0.348 e. The minimum absolute atomic E-state index is 0.0247. The number of pyridine rings is 1. The monoisotopic (exact) mass is 221 g/mol. The van der Waals surface area contributed by atoms with Gasteiger partial charge in [0.05, 0.1) is 11.7 Å². The molecular weight excluding hydrogens is 202 g/mol. The first-order valence-electron chi connectivity index (χ1n) is 5.59. The smallest absolute Gasteiger partial charge is 0.220 e. The Morgan fingerprint density at radius 3 is 2.94 bits per heavy atom. The van der Waals surface area contributed by atoms with Crippen molar-refractivity contribution in [3.8, 4) is 0 Å². The summed E-state index contributed by atoms with van der Waals surface area (Å²) in [5, 5.41) is 5.94. The van der Waals surface area contributed by atoms with E-state index in [0.29, 0.717) is 6.42 Å². The Labute approximate surface area is 96.5 Å². The van der Waals surface area contributed by atoms with Gasteiger partial charge in [-0.3, -0.25) is 9.78 Å². The zero-order valence-corrected chi connectivity index (χ0v) is 9.86. The maximum Gasteiger partial charge on any atom is 0.220 e. The number of hydrogen-bond donors (Lipinski definition) is 2. The lowest BCUT2D eigenvalue weighted by molar-refractivity contribution is -0.121. The molecule has 0 saturated heterocycles. The van der Waals surface area contributed by atoms with E-state index in [1.165, 1.54) is 0 Å². The summed E-state index contributed by atoms with van der Waals surface area (Å²) < 4.78 is 0. The predicted molar refractivity (Wildman–Crippen MR) is 64.0 cm³/mol. The second kappa shape index (κ2) is 6.95. The van der Waals surface area contributed by atoms with Gasteiger partial charge in [0, 0.05) is 12.6 Å². The van der Waals surface area contributed by atoms with Gasteiger partial charge in [0.1, 0.15) is 0 Å². The topological polar surface area (TPSA) is 54.0 Å². The summed E-state index contributed by atoms with van der Waals surface area (Å²) >= 11 is 0. The van der Waals surface area contributed by atoms with Gasteiger partial charge in [0.25, 0.3) is 0 Å². The van der Waals surface area contributed by atoms with Crippen LogP contribution in [0.4, 0.5) is 0 Å². The van der Waals surface area contributed by atoms with E-state index in [1.807, 2.05) is 32.2 Å². The average molecular weight is 221 g/mol. The number of hydrogen-bond acceptors (Lipinski definition) is 3. The van der Waals surface area contributed by atoms with Gasteiger partial charge in [0.2, 0.25) is 5.91 Å². The maximum absolute atomic E-state index is 11.5. The highest BCUT2D eigenvalue weighted by molar-refractivity contribution is 5.76. The fraction of sp³-hybridized carbons (Fsp3) is 0.500. The Morgan fingerprint density at radius 1 is 1.50 bits per heavy atom. The normalized spacial score (nSPS) is 12.1. The van der Waals surface area contributed by atoms with E-state index >= 15 is 0 Å². The molecule has 0 saturated carbocycles. The zero-order valence-electron chi connectivity index (χ0n) is 9.86. The number of aromatic nitrogens is 1. The standard InChI is InChI=1S/C12H19N3O/c1-10(11-6-3-4-9-14-11)15-12(16)7-5-8-13-2/h3-4,6,9-10,13H,5,7-8H2,1-2H3,(H,15,16). The van der Waals surface area contributed by atoms with Crippen LogP contribution in [-0.4, -0.2) is 24.5 Å². The SMILES string of the molecule is CNCCCC(=O)NC(C)c1ccccn1. The molecule has 1 aromatic heterocycles. The van der Waals surface area contributed by atoms with E-state index in [2.05, 4.69) is 15.6 Å². The van der Waals surface area contributed by atoms with E-state index < -0.39 is 0 Å². The molecule has 16 heavy (non-hydrogen) atoms. The van der Waals surface area contributed by atoms with Gasteiger partial charge in [-0.15, -0.1) is 0 Å². The molecule has 88 valence electrons. The van der Waals surface area contributed by atoms with Gasteiger partial charge < -0.3 is 10.6 Å². The molecule has 0 radical (unpaired) electrons. The van der Waals surface area contributed by atoms with Crippen molar-refractivity contribution in [2.24, 2.45) is 0 Å². The van der Waals surface area contributed by atoms with Crippen molar-refractivity contribution in [1.29, 1.82) is 0 Å². The highest BCUT2D eigenvalue weighted by Crippen LogP contribution is 2.07. The highest BCUT2D eigenvalue weighted by atomic mass is 16.1. The van der Waals surface area contributed by atoms with E-state index in [4.69, 9.17) is 0 Å². The molecule has 1 heterocycles. The summed E-state index contributed by atoms with van der Waals surface area (Å²) in [4.78, 5) is 15.7. The number of rotatable bonds is 6. The van der Waals surface area contributed by atoms with Crippen LogP contribution in [0.1, 0.15) is 31.5 Å². The Bertz CT molecular complexity index is 313. The molecule has 1 atom stereocenters. The van der Waals surface area contributed by atoms with Crippen LogP contribution >= 0.6 is 0 Å². The third kappa shape index (κ3) is 4.40. The average Bonchev–Trinajstić information content (AvgIpc) is 2.30. The molecule has 1 aromatic rings. The van der Waals surface area contributed by atoms with Crippen LogP contribution in [0.5, 0.6) is 0 Å². The number of nitrogens with zero attached hydrogens (tertiary/aromatic N) is 1. The quantitative estimate of drug-likeness (QED) is 0.711. The lowest BCUT2D eigenvalue weighted by Gasteiger charge is -2.13. The lowest BCUT2D eigenvalue weighted by Crippen LogP contribution is -2.27.